The molecule has 4 aliphatic rings. The highest BCUT2D eigenvalue weighted by Crippen LogP contribution is 2.35. The van der Waals surface area contributed by atoms with Crippen LogP contribution >= 0.6 is 0 Å². The van der Waals surface area contributed by atoms with Crippen LogP contribution in [0.4, 0.5) is 0 Å². The third kappa shape index (κ3) is 3.19. The van der Waals surface area contributed by atoms with E-state index in [-0.39, 0.29) is 30.0 Å². The summed E-state index contributed by atoms with van der Waals surface area (Å²) in [6.07, 6.45) is 8.55. The van der Waals surface area contributed by atoms with E-state index in [1.165, 1.54) is 19.3 Å². The van der Waals surface area contributed by atoms with Crippen molar-refractivity contribution in [2.45, 2.75) is 76.5 Å². The first-order valence-corrected chi connectivity index (χ1v) is 9.84. The SMILES string of the molecule is CC1CCC(C(=O)N2CC3CC(C(=O)NC4CCC4)C(C2)O3)CC1. The van der Waals surface area contributed by atoms with Gasteiger partial charge in [0.05, 0.1) is 18.1 Å². The van der Waals surface area contributed by atoms with Gasteiger partial charge in [0.2, 0.25) is 11.8 Å². The van der Waals surface area contributed by atoms with Crippen LogP contribution in [0.3, 0.4) is 0 Å². The maximum Gasteiger partial charge on any atom is 0.226 e. The summed E-state index contributed by atoms with van der Waals surface area (Å²) >= 11 is 0. The lowest BCUT2D eigenvalue weighted by Gasteiger charge is -2.36. The molecule has 2 aliphatic carbocycles. The number of nitrogens with zero attached hydrogens (tertiary/aromatic N) is 1. The van der Waals surface area contributed by atoms with Crippen LogP contribution in [0.25, 0.3) is 0 Å². The van der Waals surface area contributed by atoms with Gasteiger partial charge in [-0.15, -0.1) is 0 Å². The zero-order valence-corrected chi connectivity index (χ0v) is 14.7. The summed E-state index contributed by atoms with van der Waals surface area (Å²) < 4.78 is 5.99. The van der Waals surface area contributed by atoms with Gasteiger partial charge in [0, 0.05) is 25.0 Å². The highest BCUT2D eigenvalue weighted by atomic mass is 16.5. The predicted molar refractivity (Wildman–Crippen MR) is 90.3 cm³/mol. The van der Waals surface area contributed by atoms with Crippen LogP contribution in [0.1, 0.15) is 58.3 Å². The Morgan fingerprint density at radius 2 is 1.79 bits per heavy atom. The molecule has 1 N–H and O–H groups in total. The van der Waals surface area contributed by atoms with Gasteiger partial charge >= 0.3 is 0 Å². The lowest BCUT2D eigenvalue weighted by molar-refractivity contribution is -0.147. The molecule has 2 heterocycles. The second-order valence-electron chi connectivity index (χ2n) is 8.48. The molecule has 3 atom stereocenters. The molecule has 24 heavy (non-hydrogen) atoms. The van der Waals surface area contributed by atoms with Crippen molar-refractivity contribution in [3.8, 4) is 0 Å². The van der Waals surface area contributed by atoms with Gasteiger partial charge in [-0.05, 0) is 57.3 Å². The maximum atomic E-state index is 12.9. The summed E-state index contributed by atoms with van der Waals surface area (Å²) in [6.45, 7) is 3.56. The highest BCUT2D eigenvalue weighted by Gasteiger charge is 2.47. The summed E-state index contributed by atoms with van der Waals surface area (Å²) in [6, 6.07) is 0.375. The largest absolute Gasteiger partial charge is 0.370 e. The quantitative estimate of drug-likeness (QED) is 0.860. The molecule has 2 aliphatic heterocycles. The Morgan fingerprint density at radius 1 is 1.04 bits per heavy atom. The molecule has 4 rings (SSSR count). The number of carbonyl (C=O) groups is 2. The van der Waals surface area contributed by atoms with E-state index in [1.807, 2.05) is 4.90 Å². The molecular weight excluding hydrogens is 304 g/mol. The summed E-state index contributed by atoms with van der Waals surface area (Å²) in [4.78, 5) is 27.4. The minimum Gasteiger partial charge on any atom is -0.370 e. The molecule has 134 valence electrons. The Bertz CT molecular complexity index is 497. The fourth-order valence-electron chi connectivity index (χ4n) is 4.74. The Balaban J connectivity index is 1.34. The summed E-state index contributed by atoms with van der Waals surface area (Å²) in [7, 11) is 0. The van der Waals surface area contributed by atoms with Crippen LogP contribution in [0.15, 0.2) is 0 Å². The van der Waals surface area contributed by atoms with Crippen molar-refractivity contribution < 1.29 is 14.3 Å². The first-order valence-electron chi connectivity index (χ1n) is 9.84. The van der Waals surface area contributed by atoms with Crippen molar-refractivity contribution in [1.82, 2.24) is 10.2 Å². The highest BCUT2D eigenvalue weighted by molar-refractivity contribution is 5.81. The number of carbonyl (C=O) groups excluding carboxylic acids is 2. The molecule has 2 saturated heterocycles. The summed E-state index contributed by atoms with van der Waals surface area (Å²) in [5, 5.41) is 3.16. The van der Waals surface area contributed by atoms with Gasteiger partial charge in [-0.2, -0.15) is 0 Å². The molecule has 2 bridgehead atoms. The Labute approximate surface area is 144 Å². The van der Waals surface area contributed by atoms with Crippen molar-refractivity contribution in [1.29, 1.82) is 0 Å². The van der Waals surface area contributed by atoms with Gasteiger partial charge in [-0.25, -0.2) is 0 Å². The van der Waals surface area contributed by atoms with Crippen LogP contribution < -0.4 is 5.32 Å². The molecule has 0 aromatic rings. The fraction of sp³-hybridized carbons (Fsp3) is 0.895. The Morgan fingerprint density at radius 3 is 2.46 bits per heavy atom. The van der Waals surface area contributed by atoms with Crippen molar-refractivity contribution in [3.05, 3.63) is 0 Å². The van der Waals surface area contributed by atoms with E-state index in [9.17, 15) is 9.59 Å². The molecule has 0 radical (unpaired) electrons. The average molecular weight is 334 g/mol. The standard InChI is InChI=1S/C19H30N2O3/c1-12-5-7-13(8-6-12)19(23)21-10-15-9-16(17(11-21)24-15)18(22)20-14-3-2-4-14/h12-17H,2-11H2,1H3,(H,20,22). The minimum atomic E-state index is -0.102. The second-order valence-corrected chi connectivity index (χ2v) is 8.48. The molecule has 2 amide bonds. The van der Waals surface area contributed by atoms with Gasteiger partial charge in [0.15, 0.2) is 0 Å². The molecule has 3 unspecified atom stereocenters. The third-order valence-electron chi connectivity index (χ3n) is 6.62. The number of likely N-dealkylation sites (tertiary alicyclic amines) is 1. The number of amides is 2. The maximum absolute atomic E-state index is 12.9. The Hall–Kier alpha value is -1.10. The van der Waals surface area contributed by atoms with Crippen LogP contribution in [-0.2, 0) is 14.3 Å². The number of hydrogen-bond donors (Lipinski definition) is 1. The molecule has 5 heteroatoms. The topological polar surface area (TPSA) is 58.6 Å². The molecule has 2 saturated carbocycles. The Kier molecular flexibility index (Phi) is 4.54. The smallest absolute Gasteiger partial charge is 0.226 e. The molecular formula is C19H30N2O3. The summed E-state index contributed by atoms with van der Waals surface area (Å²) in [5.74, 6) is 1.34. The van der Waals surface area contributed by atoms with Gasteiger partial charge in [0.1, 0.15) is 0 Å². The van der Waals surface area contributed by atoms with Crippen molar-refractivity contribution in [2.24, 2.45) is 17.8 Å². The van der Waals surface area contributed by atoms with Crippen LogP contribution in [0, 0.1) is 17.8 Å². The number of fused-ring (bicyclic) bond motifs is 2. The lowest BCUT2D eigenvalue weighted by Crippen LogP contribution is -2.50. The molecule has 4 fully saturated rings. The van der Waals surface area contributed by atoms with Crippen LogP contribution in [0.2, 0.25) is 0 Å². The van der Waals surface area contributed by atoms with Gasteiger partial charge in [-0.1, -0.05) is 6.92 Å². The second kappa shape index (κ2) is 6.66. The van der Waals surface area contributed by atoms with E-state index in [4.69, 9.17) is 4.74 Å². The van der Waals surface area contributed by atoms with E-state index < -0.39 is 0 Å². The van der Waals surface area contributed by atoms with Crippen molar-refractivity contribution in [3.63, 3.8) is 0 Å². The molecule has 0 aromatic carbocycles. The van der Waals surface area contributed by atoms with Gasteiger partial charge < -0.3 is 15.0 Å². The number of morpholine rings is 1. The monoisotopic (exact) mass is 334 g/mol. The lowest BCUT2D eigenvalue weighted by atomic mass is 9.82. The van der Waals surface area contributed by atoms with E-state index in [0.29, 0.717) is 25.0 Å². The van der Waals surface area contributed by atoms with E-state index in [0.717, 1.165) is 38.0 Å². The minimum absolute atomic E-state index is 0.0485. The number of rotatable bonds is 3. The third-order valence-corrected chi connectivity index (χ3v) is 6.62. The number of nitrogens with one attached hydrogen (secondary N) is 1. The number of hydrogen-bond acceptors (Lipinski definition) is 3. The predicted octanol–water partition coefficient (Wildman–Crippen LogP) is 2.10. The molecule has 0 spiro atoms. The van der Waals surface area contributed by atoms with E-state index in [1.54, 1.807) is 0 Å². The van der Waals surface area contributed by atoms with Crippen molar-refractivity contribution >= 4 is 11.8 Å². The van der Waals surface area contributed by atoms with Crippen molar-refractivity contribution in [2.75, 3.05) is 13.1 Å². The van der Waals surface area contributed by atoms with Gasteiger partial charge in [0.25, 0.3) is 0 Å². The normalized spacial score (nSPS) is 39.4. The average Bonchev–Trinajstić information content (AvgIpc) is 2.85. The zero-order valence-electron chi connectivity index (χ0n) is 14.7. The number of ether oxygens (including phenoxy) is 1. The van der Waals surface area contributed by atoms with Crippen LogP contribution in [0.5, 0.6) is 0 Å². The van der Waals surface area contributed by atoms with Gasteiger partial charge in [-0.3, -0.25) is 9.59 Å². The first kappa shape index (κ1) is 16.4. The van der Waals surface area contributed by atoms with E-state index in [2.05, 4.69) is 12.2 Å². The summed E-state index contributed by atoms with van der Waals surface area (Å²) in [5.41, 5.74) is 0. The zero-order chi connectivity index (χ0) is 16.7. The van der Waals surface area contributed by atoms with E-state index >= 15 is 0 Å². The first-order chi connectivity index (χ1) is 11.6. The van der Waals surface area contributed by atoms with Crippen LogP contribution in [-0.4, -0.2) is 48.1 Å². The molecule has 0 aromatic heterocycles. The fourth-order valence-corrected chi connectivity index (χ4v) is 4.74. The molecule has 5 nitrogen and oxygen atoms in total.